The fourth-order valence-corrected chi connectivity index (χ4v) is 5.35. The lowest BCUT2D eigenvalue weighted by molar-refractivity contribution is -0.117. The second-order valence-electron chi connectivity index (χ2n) is 8.13. The third-order valence-corrected chi connectivity index (χ3v) is 7.38. The van der Waals surface area contributed by atoms with Crippen LogP contribution in [-0.4, -0.2) is 30.4 Å². The van der Waals surface area contributed by atoms with Crippen molar-refractivity contribution in [3.8, 4) is 6.07 Å². The van der Waals surface area contributed by atoms with E-state index in [4.69, 9.17) is 0 Å². The van der Waals surface area contributed by atoms with Crippen LogP contribution in [-0.2, 0) is 17.6 Å². The Morgan fingerprint density at radius 3 is 2.76 bits per heavy atom. The zero-order chi connectivity index (χ0) is 18.0. The molecule has 0 saturated carbocycles. The molecule has 1 aliphatic carbocycles. The van der Waals surface area contributed by atoms with Gasteiger partial charge in [-0.15, -0.1) is 11.3 Å². The molecule has 136 valence electrons. The van der Waals surface area contributed by atoms with E-state index in [0.29, 0.717) is 23.4 Å². The highest BCUT2D eigenvalue weighted by Gasteiger charge is 2.34. The average Bonchev–Trinajstić information content (AvgIpc) is 3.20. The molecule has 0 unspecified atom stereocenters. The number of nitriles is 1. The molecule has 1 N–H and O–H groups in total. The molecule has 2 heterocycles. The number of nitrogens with zero attached hydrogens (tertiary/aromatic N) is 2. The Bertz CT molecular complexity index is 680. The molecule has 0 bridgehead atoms. The Kier molecular flexibility index (Phi) is 5.50. The predicted octanol–water partition coefficient (Wildman–Crippen LogP) is 4.20. The van der Waals surface area contributed by atoms with Crippen LogP contribution in [0.2, 0.25) is 0 Å². The molecule has 4 nitrogen and oxygen atoms in total. The normalized spacial score (nSPS) is 21.0. The summed E-state index contributed by atoms with van der Waals surface area (Å²) in [6.45, 7) is 9.41. The standard InChI is InChI=1S/C20H29N3OS/c1-4-20(2,3)14-7-8-15-16(12-21)19(25-17(15)11-14)22-18(24)13-23-9-5-6-10-23/h14H,4-11,13H2,1-3H3,(H,22,24)/t14-/m1/s1. The van der Waals surface area contributed by atoms with Gasteiger partial charge in [0.25, 0.3) is 0 Å². The molecule has 1 saturated heterocycles. The first-order chi connectivity index (χ1) is 11.9. The predicted molar refractivity (Wildman–Crippen MR) is 103 cm³/mol. The number of anilines is 1. The minimum Gasteiger partial charge on any atom is -0.315 e. The van der Waals surface area contributed by atoms with E-state index in [9.17, 15) is 10.1 Å². The van der Waals surface area contributed by atoms with Gasteiger partial charge in [-0.25, -0.2) is 0 Å². The molecule has 2 aliphatic rings. The van der Waals surface area contributed by atoms with Crippen molar-refractivity contribution in [3.63, 3.8) is 0 Å². The molecule has 5 heteroatoms. The van der Waals surface area contributed by atoms with E-state index in [1.54, 1.807) is 11.3 Å². The first-order valence-corrected chi connectivity index (χ1v) is 10.3. The third kappa shape index (κ3) is 3.91. The monoisotopic (exact) mass is 359 g/mol. The molecule has 1 fully saturated rings. The van der Waals surface area contributed by atoms with Gasteiger partial charge in [-0.1, -0.05) is 27.2 Å². The van der Waals surface area contributed by atoms with E-state index in [1.807, 2.05) is 0 Å². The van der Waals surface area contributed by atoms with Gasteiger partial charge in [-0.05, 0) is 62.1 Å². The summed E-state index contributed by atoms with van der Waals surface area (Å²) in [6, 6.07) is 2.35. The Hall–Kier alpha value is -1.38. The van der Waals surface area contributed by atoms with Crippen molar-refractivity contribution in [3.05, 3.63) is 16.0 Å². The summed E-state index contributed by atoms with van der Waals surface area (Å²) in [5.74, 6) is 0.672. The number of carbonyl (C=O) groups excluding carboxylic acids is 1. The van der Waals surface area contributed by atoms with Crippen molar-refractivity contribution in [2.75, 3.05) is 25.0 Å². The molecule has 0 radical (unpaired) electrons. The van der Waals surface area contributed by atoms with Gasteiger partial charge >= 0.3 is 0 Å². The lowest BCUT2D eigenvalue weighted by atomic mass is 9.69. The fraction of sp³-hybridized carbons (Fsp3) is 0.700. The fourth-order valence-electron chi connectivity index (χ4n) is 4.06. The molecule has 1 atom stereocenters. The summed E-state index contributed by atoms with van der Waals surface area (Å²) in [6.07, 6.45) is 6.67. The van der Waals surface area contributed by atoms with Crippen LogP contribution in [0, 0.1) is 22.7 Å². The van der Waals surface area contributed by atoms with Gasteiger partial charge in [0, 0.05) is 4.88 Å². The van der Waals surface area contributed by atoms with Crippen LogP contribution in [0.5, 0.6) is 0 Å². The van der Waals surface area contributed by atoms with Crippen molar-refractivity contribution in [2.24, 2.45) is 11.3 Å². The number of carbonyl (C=O) groups is 1. The summed E-state index contributed by atoms with van der Waals surface area (Å²) < 4.78 is 0. The maximum atomic E-state index is 12.4. The van der Waals surface area contributed by atoms with Crippen molar-refractivity contribution in [2.45, 2.75) is 59.3 Å². The van der Waals surface area contributed by atoms with Crippen LogP contribution in [0.1, 0.15) is 62.5 Å². The summed E-state index contributed by atoms with van der Waals surface area (Å²) in [4.78, 5) is 15.9. The van der Waals surface area contributed by atoms with E-state index in [-0.39, 0.29) is 5.91 Å². The zero-order valence-corrected chi connectivity index (χ0v) is 16.5. The molecular formula is C20H29N3OS. The topological polar surface area (TPSA) is 56.1 Å². The molecule has 1 aromatic heterocycles. The van der Waals surface area contributed by atoms with Crippen LogP contribution in [0.4, 0.5) is 5.00 Å². The summed E-state index contributed by atoms with van der Waals surface area (Å²) in [5, 5.41) is 13.4. The van der Waals surface area contributed by atoms with Crippen LogP contribution >= 0.6 is 11.3 Å². The molecule has 25 heavy (non-hydrogen) atoms. The summed E-state index contributed by atoms with van der Waals surface area (Å²) in [7, 11) is 0. The molecular weight excluding hydrogens is 330 g/mol. The molecule has 1 amide bonds. The van der Waals surface area contributed by atoms with Crippen LogP contribution in [0.3, 0.4) is 0 Å². The zero-order valence-electron chi connectivity index (χ0n) is 15.7. The average molecular weight is 360 g/mol. The first-order valence-electron chi connectivity index (χ1n) is 9.51. The van der Waals surface area contributed by atoms with Gasteiger partial charge < -0.3 is 5.32 Å². The van der Waals surface area contributed by atoms with E-state index in [2.05, 4.69) is 37.1 Å². The highest BCUT2D eigenvalue weighted by molar-refractivity contribution is 7.16. The minimum absolute atomic E-state index is 0.0161. The highest BCUT2D eigenvalue weighted by atomic mass is 32.1. The smallest absolute Gasteiger partial charge is 0.239 e. The maximum absolute atomic E-state index is 12.4. The van der Waals surface area contributed by atoms with Crippen molar-refractivity contribution in [1.29, 1.82) is 5.26 Å². The first kappa shape index (κ1) is 18.4. The lowest BCUT2D eigenvalue weighted by Gasteiger charge is -2.36. The van der Waals surface area contributed by atoms with Crippen LogP contribution < -0.4 is 5.32 Å². The largest absolute Gasteiger partial charge is 0.315 e. The van der Waals surface area contributed by atoms with Gasteiger partial charge in [0.1, 0.15) is 11.1 Å². The Balaban J connectivity index is 1.74. The van der Waals surface area contributed by atoms with E-state index < -0.39 is 0 Å². The Labute approximate surface area is 155 Å². The summed E-state index contributed by atoms with van der Waals surface area (Å²) >= 11 is 1.63. The Morgan fingerprint density at radius 1 is 1.40 bits per heavy atom. The number of thiophene rings is 1. The summed E-state index contributed by atoms with van der Waals surface area (Å²) in [5.41, 5.74) is 2.22. The van der Waals surface area contributed by atoms with Crippen LogP contribution in [0.15, 0.2) is 0 Å². The quantitative estimate of drug-likeness (QED) is 0.857. The number of nitrogens with one attached hydrogen (secondary N) is 1. The van der Waals surface area contributed by atoms with Crippen LogP contribution in [0.25, 0.3) is 0 Å². The Morgan fingerprint density at radius 2 is 2.12 bits per heavy atom. The molecule has 1 aliphatic heterocycles. The number of hydrogen-bond acceptors (Lipinski definition) is 4. The van der Waals surface area contributed by atoms with E-state index >= 15 is 0 Å². The molecule has 1 aromatic rings. The van der Waals surface area contributed by atoms with Gasteiger partial charge in [0.2, 0.25) is 5.91 Å². The van der Waals surface area contributed by atoms with Gasteiger partial charge in [-0.3, -0.25) is 9.69 Å². The second kappa shape index (κ2) is 7.47. The van der Waals surface area contributed by atoms with Gasteiger partial charge in [0.05, 0.1) is 12.1 Å². The number of likely N-dealkylation sites (tertiary alicyclic amines) is 1. The maximum Gasteiger partial charge on any atom is 0.239 e. The van der Waals surface area contributed by atoms with E-state index in [0.717, 1.165) is 37.4 Å². The minimum atomic E-state index is 0.0161. The molecule has 0 spiro atoms. The third-order valence-electron chi connectivity index (χ3n) is 6.21. The highest BCUT2D eigenvalue weighted by Crippen LogP contribution is 2.45. The number of rotatable bonds is 5. The molecule has 3 rings (SSSR count). The number of hydrogen-bond donors (Lipinski definition) is 1. The second-order valence-corrected chi connectivity index (χ2v) is 9.24. The SMILES string of the molecule is CCC(C)(C)[C@@H]1CCc2c(sc(NC(=O)CN3CCCC3)c2C#N)C1. The van der Waals surface area contributed by atoms with Crippen molar-refractivity contribution in [1.82, 2.24) is 4.90 Å². The van der Waals surface area contributed by atoms with E-state index in [1.165, 1.54) is 29.7 Å². The van der Waals surface area contributed by atoms with Crippen molar-refractivity contribution >= 4 is 22.2 Å². The number of amides is 1. The van der Waals surface area contributed by atoms with Gasteiger partial charge in [-0.2, -0.15) is 5.26 Å². The molecule has 0 aromatic carbocycles. The van der Waals surface area contributed by atoms with Crippen molar-refractivity contribution < 1.29 is 4.79 Å². The lowest BCUT2D eigenvalue weighted by Crippen LogP contribution is -2.30. The van der Waals surface area contributed by atoms with Gasteiger partial charge in [0.15, 0.2) is 0 Å². The number of fused-ring (bicyclic) bond motifs is 1.